The van der Waals surface area contributed by atoms with E-state index in [1.54, 1.807) is 11.0 Å². The molecule has 2 atom stereocenters. The van der Waals surface area contributed by atoms with E-state index in [1.165, 1.54) is 0 Å². The first kappa shape index (κ1) is 16.7. The largest absolute Gasteiger partial charge is 0.466 e. The summed E-state index contributed by atoms with van der Waals surface area (Å²) in [6.07, 6.45) is 0. The molecule has 1 aromatic carbocycles. The lowest BCUT2D eigenvalue weighted by Crippen LogP contribution is -2.32. The van der Waals surface area contributed by atoms with Crippen LogP contribution in [0.1, 0.15) is 33.6 Å². The summed E-state index contributed by atoms with van der Waals surface area (Å²) < 4.78 is 11.6. The summed E-state index contributed by atoms with van der Waals surface area (Å²) in [4.78, 5) is 15.0. The second kappa shape index (κ2) is 6.50. The monoisotopic (exact) mass is 350 g/mol. The van der Waals surface area contributed by atoms with E-state index in [0.717, 1.165) is 17.1 Å². The van der Waals surface area contributed by atoms with E-state index in [9.17, 15) is 4.79 Å². The fourth-order valence-electron chi connectivity index (χ4n) is 3.60. The van der Waals surface area contributed by atoms with Gasteiger partial charge in [0.1, 0.15) is 23.0 Å². The van der Waals surface area contributed by atoms with E-state index >= 15 is 0 Å². The van der Waals surface area contributed by atoms with E-state index in [-0.39, 0.29) is 17.9 Å². The number of aryl methyl sites for hydroxylation is 2. The molecule has 134 valence electrons. The van der Waals surface area contributed by atoms with Crippen molar-refractivity contribution in [3.05, 3.63) is 71.4 Å². The Labute approximate surface area is 152 Å². The molecule has 5 nitrogen and oxygen atoms in total. The molecule has 3 aromatic rings. The van der Waals surface area contributed by atoms with Gasteiger partial charge in [0, 0.05) is 24.7 Å². The van der Waals surface area contributed by atoms with E-state index in [0.29, 0.717) is 30.2 Å². The van der Waals surface area contributed by atoms with Gasteiger partial charge in [0.15, 0.2) is 0 Å². The molecule has 3 heterocycles. The molecule has 5 heteroatoms. The maximum Gasteiger partial charge on any atom is 0.257 e. The van der Waals surface area contributed by atoms with Gasteiger partial charge in [0.25, 0.3) is 5.91 Å². The lowest BCUT2D eigenvalue weighted by molar-refractivity contribution is 0.0789. The molecule has 0 aliphatic carbocycles. The van der Waals surface area contributed by atoms with Gasteiger partial charge in [-0.15, -0.1) is 0 Å². The van der Waals surface area contributed by atoms with E-state index in [4.69, 9.17) is 14.6 Å². The van der Waals surface area contributed by atoms with Crippen LogP contribution in [-0.4, -0.2) is 29.9 Å². The van der Waals surface area contributed by atoms with Crippen LogP contribution in [0.2, 0.25) is 0 Å². The Balaban J connectivity index is 1.61. The minimum Gasteiger partial charge on any atom is -0.466 e. The summed E-state index contributed by atoms with van der Waals surface area (Å²) in [7, 11) is 0. The summed E-state index contributed by atoms with van der Waals surface area (Å²) >= 11 is 0. The van der Waals surface area contributed by atoms with Crippen LogP contribution < -0.4 is 5.73 Å². The van der Waals surface area contributed by atoms with Gasteiger partial charge in [-0.25, -0.2) is 0 Å². The molecule has 1 fully saturated rings. The lowest BCUT2D eigenvalue weighted by atomic mass is 10.0. The molecule has 0 bridgehead atoms. The van der Waals surface area contributed by atoms with Crippen LogP contribution in [0.5, 0.6) is 0 Å². The van der Waals surface area contributed by atoms with E-state index in [2.05, 4.69) is 0 Å². The minimum atomic E-state index is -0.141. The van der Waals surface area contributed by atoms with Crippen molar-refractivity contribution in [3.8, 4) is 11.3 Å². The highest BCUT2D eigenvalue weighted by atomic mass is 16.3. The number of nitrogens with two attached hydrogens (primary N) is 1. The highest BCUT2D eigenvalue weighted by molar-refractivity contribution is 6.00. The Morgan fingerprint density at radius 3 is 2.50 bits per heavy atom. The normalized spacial score (nSPS) is 19.9. The predicted molar refractivity (Wildman–Crippen MR) is 98.9 cm³/mol. The smallest absolute Gasteiger partial charge is 0.257 e. The van der Waals surface area contributed by atoms with Crippen molar-refractivity contribution in [2.24, 2.45) is 5.73 Å². The predicted octanol–water partition coefficient (Wildman–Crippen LogP) is 3.72. The first-order chi connectivity index (χ1) is 12.5. The van der Waals surface area contributed by atoms with Crippen LogP contribution >= 0.6 is 0 Å². The number of likely N-dealkylation sites (tertiary alicyclic amines) is 1. The summed E-state index contributed by atoms with van der Waals surface area (Å²) in [5.74, 6) is 2.99. The summed E-state index contributed by atoms with van der Waals surface area (Å²) in [5, 5.41) is 0. The maximum atomic E-state index is 13.2. The van der Waals surface area contributed by atoms with Gasteiger partial charge in [-0.1, -0.05) is 30.3 Å². The number of hydrogen-bond acceptors (Lipinski definition) is 4. The molecule has 26 heavy (non-hydrogen) atoms. The SMILES string of the molecule is Cc1ccc(C2CN(C(=O)c3cc(C)oc3-c3ccccc3)CC2N)o1. The third-order valence-electron chi connectivity index (χ3n) is 4.90. The quantitative estimate of drug-likeness (QED) is 0.781. The average molecular weight is 350 g/mol. The van der Waals surface area contributed by atoms with Crippen molar-refractivity contribution < 1.29 is 13.6 Å². The maximum absolute atomic E-state index is 13.2. The van der Waals surface area contributed by atoms with Gasteiger partial charge in [-0.2, -0.15) is 0 Å². The van der Waals surface area contributed by atoms with Crippen molar-refractivity contribution >= 4 is 5.91 Å². The third-order valence-corrected chi connectivity index (χ3v) is 4.90. The zero-order valence-electron chi connectivity index (χ0n) is 14.9. The molecule has 0 spiro atoms. The van der Waals surface area contributed by atoms with Crippen LogP contribution in [0.25, 0.3) is 11.3 Å². The molecule has 4 rings (SSSR count). The number of benzene rings is 1. The van der Waals surface area contributed by atoms with E-state index < -0.39 is 0 Å². The molecular weight excluding hydrogens is 328 g/mol. The van der Waals surface area contributed by atoms with Crippen molar-refractivity contribution in [1.29, 1.82) is 0 Å². The van der Waals surface area contributed by atoms with Gasteiger partial charge in [0.2, 0.25) is 0 Å². The average Bonchev–Trinajstić information content (AvgIpc) is 3.33. The number of hydrogen-bond donors (Lipinski definition) is 1. The standard InChI is InChI=1S/C21H22N2O3/c1-13-8-9-19(25-13)17-11-23(12-18(17)22)21(24)16-10-14(2)26-20(16)15-6-4-3-5-7-15/h3-10,17-18H,11-12,22H2,1-2H3. The Kier molecular flexibility index (Phi) is 4.17. The van der Waals surface area contributed by atoms with E-state index in [1.807, 2.05) is 56.3 Å². The molecule has 2 aromatic heterocycles. The topological polar surface area (TPSA) is 72.6 Å². The molecule has 0 radical (unpaired) electrons. The second-order valence-electron chi connectivity index (χ2n) is 6.89. The number of furan rings is 2. The summed E-state index contributed by atoms with van der Waals surface area (Å²) in [6.45, 7) is 4.81. The molecule has 1 aliphatic heterocycles. The second-order valence-corrected chi connectivity index (χ2v) is 6.89. The van der Waals surface area contributed by atoms with Crippen molar-refractivity contribution in [2.75, 3.05) is 13.1 Å². The molecular formula is C21H22N2O3. The first-order valence-corrected chi connectivity index (χ1v) is 8.80. The molecule has 2 unspecified atom stereocenters. The number of carbonyl (C=O) groups excluding carboxylic acids is 1. The highest BCUT2D eigenvalue weighted by Gasteiger charge is 2.37. The molecule has 0 saturated carbocycles. The molecule has 1 aliphatic rings. The zero-order valence-corrected chi connectivity index (χ0v) is 14.9. The number of nitrogens with zero attached hydrogens (tertiary/aromatic N) is 1. The van der Waals surface area contributed by atoms with Crippen LogP contribution in [0.4, 0.5) is 0 Å². The van der Waals surface area contributed by atoms with Gasteiger partial charge in [-0.05, 0) is 32.0 Å². The Bertz CT molecular complexity index is 926. The zero-order chi connectivity index (χ0) is 18.3. The fourth-order valence-corrected chi connectivity index (χ4v) is 3.60. The van der Waals surface area contributed by atoms with Crippen molar-refractivity contribution in [3.63, 3.8) is 0 Å². The van der Waals surface area contributed by atoms with Crippen LogP contribution in [0, 0.1) is 13.8 Å². The Morgan fingerprint density at radius 2 is 1.81 bits per heavy atom. The molecule has 2 N–H and O–H groups in total. The third kappa shape index (κ3) is 2.95. The van der Waals surface area contributed by atoms with Gasteiger partial charge in [-0.3, -0.25) is 4.79 Å². The van der Waals surface area contributed by atoms with Crippen molar-refractivity contribution in [2.45, 2.75) is 25.8 Å². The molecule has 1 amide bonds. The Hall–Kier alpha value is -2.79. The van der Waals surface area contributed by atoms with Crippen LogP contribution in [0.3, 0.4) is 0 Å². The number of amides is 1. The van der Waals surface area contributed by atoms with Gasteiger partial charge in [0.05, 0.1) is 11.5 Å². The number of carbonyl (C=O) groups is 1. The van der Waals surface area contributed by atoms with Crippen LogP contribution in [0.15, 0.2) is 57.4 Å². The van der Waals surface area contributed by atoms with Gasteiger partial charge >= 0.3 is 0 Å². The van der Waals surface area contributed by atoms with Gasteiger partial charge < -0.3 is 19.5 Å². The van der Waals surface area contributed by atoms with Crippen molar-refractivity contribution in [1.82, 2.24) is 4.90 Å². The first-order valence-electron chi connectivity index (χ1n) is 8.80. The highest BCUT2D eigenvalue weighted by Crippen LogP contribution is 2.32. The Morgan fingerprint density at radius 1 is 1.04 bits per heavy atom. The lowest BCUT2D eigenvalue weighted by Gasteiger charge is -2.15. The fraction of sp³-hybridized carbons (Fsp3) is 0.286. The minimum absolute atomic E-state index is 0.0147. The summed E-state index contributed by atoms with van der Waals surface area (Å²) in [6, 6.07) is 15.2. The molecule has 1 saturated heterocycles. The summed E-state index contributed by atoms with van der Waals surface area (Å²) in [5.41, 5.74) is 7.78. The number of rotatable bonds is 3. The van der Waals surface area contributed by atoms with Crippen LogP contribution in [-0.2, 0) is 0 Å².